The first-order chi connectivity index (χ1) is 9.86. The van der Waals surface area contributed by atoms with Crippen LogP contribution < -0.4 is 5.32 Å². The molecular formula is C17H27ClN2S. The SMILES string of the molecule is Cl.c1ccc(CSCCN2CCC3(CCNCC3)C2)cc1. The molecule has 3 rings (SSSR count). The standard InChI is InChI=1S/C17H26N2S.ClH/c1-2-4-16(5-3-1)14-20-13-12-19-11-8-17(15-19)6-9-18-10-7-17;/h1-5,18H,6-15H2;1H. The molecule has 1 aromatic carbocycles. The van der Waals surface area contributed by atoms with Crippen LogP contribution in [-0.2, 0) is 5.75 Å². The van der Waals surface area contributed by atoms with Crippen molar-refractivity contribution in [2.45, 2.75) is 25.0 Å². The Balaban J connectivity index is 0.00000161. The lowest BCUT2D eigenvalue weighted by Gasteiger charge is -2.33. The van der Waals surface area contributed by atoms with Crippen molar-refractivity contribution < 1.29 is 0 Å². The highest BCUT2D eigenvalue weighted by Gasteiger charge is 2.38. The molecule has 2 saturated heterocycles. The lowest BCUT2D eigenvalue weighted by atomic mass is 9.78. The van der Waals surface area contributed by atoms with Gasteiger partial charge in [-0.1, -0.05) is 30.3 Å². The summed E-state index contributed by atoms with van der Waals surface area (Å²) >= 11 is 2.07. The zero-order valence-corrected chi connectivity index (χ0v) is 14.4. The van der Waals surface area contributed by atoms with Crippen molar-refractivity contribution in [3.8, 4) is 0 Å². The first kappa shape index (κ1) is 17.1. The minimum atomic E-state index is 0. The third kappa shape index (κ3) is 4.88. The Morgan fingerprint density at radius 2 is 1.86 bits per heavy atom. The van der Waals surface area contributed by atoms with Gasteiger partial charge < -0.3 is 10.2 Å². The molecule has 2 fully saturated rings. The maximum absolute atomic E-state index is 3.50. The summed E-state index contributed by atoms with van der Waals surface area (Å²) in [4.78, 5) is 2.70. The van der Waals surface area contributed by atoms with Crippen LogP contribution in [0.5, 0.6) is 0 Å². The summed E-state index contributed by atoms with van der Waals surface area (Å²) in [6.07, 6.45) is 4.21. The van der Waals surface area contributed by atoms with E-state index in [-0.39, 0.29) is 12.4 Å². The van der Waals surface area contributed by atoms with E-state index in [0.29, 0.717) is 5.41 Å². The zero-order valence-electron chi connectivity index (χ0n) is 12.7. The van der Waals surface area contributed by atoms with Gasteiger partial charge in [-0.25, -0.2) is 0 Å². The van der Waals surface area contributed by atoms with Crippen LogP contribution in [0, 0.1) is 5.41 Å². The Morgan fingerprint density at radius 3 is 2.62 bits per heavy atom. The second kappa shape index (κ2) is 8.42. The summed E-state index contributed by atoms with van der Waals surface area (Å²) in [7, 11) is 0. The molecule has 0 unspecified atom stereocenters. The molecule has 2 aliphatic heterocycles. The van der Waals surface area contributed by atoms with E-state index >= 15 is 0 Å². The van der Waals surface area contributed by atoms with Crippen molar-refractivity contribution in [2.24, 2.45) is 5.41 Å². The molecule has 2 heterocycles. The number of benzene rings is 1. The molecule has 0 saturated carbocycles. The molecule has 0 aromatic heterocycles. The second-order valence-electron chi connectivity index (χ2n) is 6.31. The van der Waals surface area contributed by atoms with Gasteiger partial charge in [0.05, 0.1) is 0 Å². The molecule has 2 aliphatic rings. The molecular weight excluding hydrogens is 300 g/mol. The summed E-state index contributed by atoms with van der Waals surface area (Å²) in [5, 5.41) is 3.50. The molecule has 21 heavy (non-hydrogen) atoms. The smallest absolute Gasteiger partial charge is 0.0185 e. The predicted octanol–water partition coefficient (Wildman–Crippen LogP) is 3.42. The lowest BCUT2D eigenvalue weighted by molar-refractivity contribution is 0.200. The van der Waals surface area contributed by atoms with Crippen molar-refractivity contribution >= 4 is 24.2 Å². The van der Waals surface area contributed by atoms with Gasteiger partial charge in [-0.05, 0) is 49.9 Å². The van der Waals surface area contributed by atoms with Crippen LogP contribution in [0.2, 0.25) is 0 Å². The normalized spacial score (nSPS) is 21.3. The molecule has 4 heteroatoms. The van der Waals surface area contributed by atoms with Crippen LogP contribution >= 0.6 is 24.2 Å². The molecule has 0 atom stereocenters. The lowest BCUT2D eigenvalue weighted by Crippen LogP contribution is -2.38. The van der Waals surface area contributed by atoms with Gasteiger partial charge >= 0.3 is 0 Å². The number of nitrogens with one attached hydrogen (secondary N) is 1. The van der Waals surface area contributed by atoms with Gasteiger partial charge in [0.25, 0.3) is 0 Å². The van der Waals surface area contributed by atoms with Crippen molar-refractivity contribution in [2.75, 3.05) is 38.5 Å². The first-order valence-electron chi connectivity index (χ1n) is 7.91. The minimum Gasteiger partial charge on any atom is -0.317 e. The van der Waals surface area contributed by atoms with E-state index in [2.05, 4.69) is 52.3 Å². The predicted molar refractivity (Wildman–Crippen MR) is 95.4 cm³/mol. The van der Waals surface area contributed by atoms with E-state index < -0.39 is 0 Å². The molecule has 0 amide bonds. The Labute approximate surface area is 139 Å². The summed E-state index contributed by atoms with van der Waals surface area (Å²) in [5.41, 5.74) is 2.11. The third-order valence-corrected chi connectivity index (χ3v) is 5.85. The number of likely N-dealkylation sites (tertiary alicyclic amines) is 1. The molecule has 0 radical (unpaired) electrons. The van der Waals surface area contributed by atoms with E-state index in [4.69, 9.17) is 0 Å². The number of nitrogens with zero attached hydrogens (tertiary/aromatic N) is 1. The minimum absolute atomic E-state index is 0. The number of hydrogen-bond donors (Lipinski definition) is 1. The van der Waals surface area contributed by atoms with E-state index in [1.165, 1.54) is 63.3 Å². The summed E-state index contributed by atoms with van der Waals surface area (Å²) < 4.78 is 0. The Morgan fingerprint density at radius 1 is 1.10 bits per heavy atom. The molecule has 1 aromatic rings. The highest BCUT2D eigenvalue weighted by atomic mass is 35.5. The molecule has 0 bridgehead atoms. The van der Waals surface area contributed by atoms with Crippen molar-refractivity contribution in [1.82, 2.24) is 10.2 Å². The highest BCUT2D eigenvalue weighted by Crippen LogP contribution is 2.38. The monoisotopic (exact) mass is 326 g/mol. The van der Waals surface area contributed by atoms with Gasteiger partial charge in [-0.15, -0.1) is 12.4 Å². The average Bonchev–Trinajstić information content (AvgIpc) is 2.88. The van der Waals surface area contributed by atoms with E-state index in [0.717, 1.165) is 5.75 Å². The van der Waals surface area contributed by atoms with Crippen LogP contribution in [0.1, 0.15) is 24.8 Å². The Kier molecular flexibility index (Phi) is 6.87. The highest BCUT2D eigenvalue weighted by molar-refractivity contribution is 7.98. The quantitative estimate of drug-likeness (QED) is 0.835. The van der Waals surface area contributed by atoms with Gasteiger partial charge in [0.15, 0.2) is 0 Å². The summed E-state index contributed by atoms with van der Waals surface area (Å²) in [5.74, 6) is 2.42. The molecule has 0 aliphatic carbocycles. The van der Waals surface area contributed by atoms with E-state index in [1.54, 1.807) is 0 Å². The van der Waals surface area contributed by atoms with Gasteiger partial charge in [-0.2, -0.15) is 11.8 Å². The fourth-order valence-corrected chi connectivity index (χ4v) is 4.50. The van der Waals surface area contributed by atoms with Gasteiger partial charge in [0.2, 0.25) is 0 Å². The Hall–Kier alpha value is -0.220. The number of halogens is 1. The molecule has 1 N–H and O–H groups in total. The average molecular weight is 327 g/mol. The van der Waals surface area contributed by atoms with E-state index in [1.807, 2.05) is 0 Å². The fraction of sp³-hybridized carbons (Fsp3) is 0.647. The first-order valence-corrected chi connectivity index (χ1v) is 9.07. The molecule has 1 spiro atoms. The maximum atomic E-state index is 3.50. The van der Waals surface area contributed by atoms with Gasteiger partial charge in [-0.3, -0.25) is 0 Å². The van der Waals surface area contributed by atoms with Crippen LogP contribution in [0.25, 0.3) is 0 Å². The van der Waals surface area contributed by atoms with Crippen molar-refractivity contribution in [1.29, 1.82) is 0 Å². The number of rotatable bonds is 5. The topological polar surface area (TPSA) is 15.3 Å². The van der Waals surface area contributed by atoms with Crippen molar-refractivity contribution in [3.63, 3.8) is 0 Å². The number of piperidine rings is 1. The number of hydrogen-bond acceptors (Lipinski definition) is 3. The third-order valence-electron chi connectivity index (χ3n) is 4.84. The summed E-state index contributed by atoms with van der Waals surface area (Å²) in [6.45, 7) is 6.41. The van der Waals surface area contributed by atoms with Crippen LogP contribution in [0.15, 0.2) is 30.3 Å². The molecule has 2 nitrogen and oxygen atoms in total. The number of thioether (sulfide) groups is 1. The van der Waals surface area contributed by atoms with Crippen LogP contribution in [0.3, 0.4) is 0 Å². The van der Waals surface area contributed by atoms with Crippen LogP contribution in [-0.4, -0.2) is 43.4 Å². The molecule has 118 valence electrons. The second-order valence-corrected chi connectivity index (χ2v) is 7.42. The Bertz CT molecular complexity index is 407. The maximum Gasteiger partial charge on any atom is 0.0185 e. The fourth-order valence-electron chi connectivity index (χ4n) is 3.54. The van der Waals surface area contributed by atoms with Crippen LogP contribution in [0.4, 0.5) is 0 Å². The van der Waals surface area contributed by atoms with Gasteiger partial charge in [0, 0.05) is 24.6 Å². The largest absolute Gasteiger partial charge is 0.317 e. The van der Waals surface area contributed by atoms with Gasteiger partial charge in [0.1, 0.15) is 0 Å². The zero-order chi connectivity index (χ0) is 13.7. The summed E-state index contributed by atoms with van der Waals surface area (Å²) in [6, 6.07) is 10.8. The van der Waals surface area contributed by atoms with E-state index in [9.17, 15) is 0 Å². The van der Waals surface area contributed by atoms with Crippen molar-refractivity contribution in [3.05, 3.63) is 35.9 Å².